The van der Waals surface area contributed by atoms with E-state index in [1.165, 1.54) is 6.07 Å². The zero-order valence-corrected chi connectivity index (χ0v) is 13.3. The van der Waals surface area contributed by atoms with Gasteiger partial charge < -0.3 is 15.8 Å². The molecule has 106 valence electrons. The van der Waals surface area contributed by atoms with Gasteiger partial charge in [-0.2, -0.15) is 0 Å². The number of halogens is 2. The molecule has 0 fully saturated rings. The van der Waals surface area contributed by atoms with Crippen LogP contribution in [0.2, 0.25) is 0 Å². The van der Waals surface area contributed by atoms with Crippen LogP contribution < -0.4 is 15.8 Å². The quantitative estimate of drug-likeness (QED) is 0.586. The maximum absolute atomic E-state index is 13.7. The van der Waals surface area contributed by atoms with Crippen LogP contribution in [0.25, 0.3) is 0 Å². The second-order valence-electron chi connectivity index (χ2n) is 4.32. The molecule has 20 heavy (non-hydrogen) atoms. The lowest BCUT2D eigenvalue weighted by Gasteiger charge is -2.14. The number of ether oxygens (including phenoxy) is 1. The van der Waals surface area contributed by atoms with Crippen LogP contribution in [0.4, 0.5) is 21.5 Å². The third kappa shape index (κ3) is 3.53. The number of nitrogen functional groups attached to an aromatic ring is 1. The molecule has 0 radical (unpaired) electrons. The van der Waals surface area contributed by atoms with Gasteiger partial charge in [-0.25, -0.2) is 4.39 Å². The first kappa shape index (κ1) is 14.9. The minimum absolute atomic E-state index is 0.217. The maximum atomic E-state index is 13.7. The zero-order chi connectivity index (χ0) is 14.5. The molecule has 0 aliphatic carbocycles. The minimum Gasteiger partial charge on any atom is -0.490 e. The summed E-state index contributed by atoms with van der Waals surface area (Å²) in [5, 5.41) is 3.21. The summed E-state index contributed by atoms with van der Waals surface area (Å²) in [6, 6.07) is 10.7. The minimum atomic E-state index is -0.441. The summed E-state index contributed by atoms with van der Waals surface area (Å²) in [6.07, 6.45) is 0.823. The molecule has 0 bridgehead atoms. The molecule has 0 saturated heterocycles. The van der Waals surface area contributed by atoms with Crippen LogP contribution >= 0.6 is 22.6 Å². The van der Waals surface area contributed by atoms with Gasteiger partial charge in [-0.3, -0.25) is 0 Å². The second-order valence-corrected chi connectivity index (χ2v) is 5.49. The Morgan fingerprint density at radius 1 is 1.25 bits per heavy atom. The van der Waals surface area contributed by atoms with E-state index in [1.807, 2.05) is 31.2 Å². The van der Waals surface area contributed by atoms with Crippen molar-refractivity contribution in [3.63, 3.8) is 0 Å². The van der Waals surface area contributed by atoms with Crippen molar-refractivity contribution in [3.05, 3.63) is 45.8 Å². The van der Waals surface area contributed by atoms with Crippen molar-refractivity contribution in [1.82, 2.24) is 0 Å². The van der Waals surface area contributed by atoms with Gasteiger partial charge in [0.25, 0.3) is 0 Å². The lowest BCUT2D eigenvalue weighted by Crippen LogP contribution is -2.02. The predicted octanol–water partition coefficient (Wildman–Crippen LogP) is 4.54. The molecule has 0 amide bonds. The van der Waals surface area contributed by atoms with Crippen molar-refractivity contribution in [1.29, 1.82) is 0 Å². The lowest BCUT2D eigenvalue weighted by molar-refractivity contribution is 0.301. The van der Waals surface area contributed by atoms with E-state index in [9.17, 15) is 4.39 Å². The average Bonchev–Trinajstić information content (AvgIpc) is 2.43. The van der Waals surface area contributed by atoms with Gasteiger partial charge in [-0.15, -0.1) is 0 Å². The summed E-state index contributed by atoms with van der Waals surface area (Å²) < 4.78 is 20.2. The molecule has 0 aromatic heterocycles. The van der Waals surface area contributed by atoms with Crippen molar-refractivity contribution >= 4 is 39.7 Å². The molecule has 3 nitrogen and oxygen atoms in total. The first-order valence-electron chi connectivity index (χ1n) is 6.35. The fourth-order valence-electron chi connectivity index (χ4n) is 1.71. The van der Waals surface area contributed by atoms with Gasteiger partial charge in [0.1, 0.15) is 0 Å². The van der Waals surface area contributed by atoms with Crippen LogP contribution in [0.5, 0.6) is 5.75 Å². The SMILES string of the molecule is CCCOc1cc(Nc2ccccc2I)c(N)cc1F. The van der Waals surface area contributed by atoms with E-state index in [-0.39, 0.29) is 5.75 Å². The van der Waals surface area contributed by atoms with E-state index in [1.54, 1.807) is 6.07 Å². The molecule has 0 aliphatic rings. The topological polar surface area (TPSA) is 47.3 Å². The molecule has 0 spiro atoms. The fraction of sp³-hybridized carbons (Fsp3) is 0.200. The van der Waals surface area contributed by atoms with E-state index in [0.29, 0.717) is 18.0 Å². The average molecular weight is 386 g/mol. The number of rotatable bonds is 5. The van der Waals surface area contributed by atoms with Gasteiger partial charge >= 0.3 is 0 Å². The predicted molar refractivity (Wildman–Crippen MR) is 89.0 cm³/mol. The van der Waals surface area contributed by atoms with E-state index in [2.05, 4.69) is 27.9 Å². The lowest BCUT2D eigenvalue weighted by atomic mass is 10.2. The molecule has 2 aromatic rings. The maximum Gasteiger partial charge on any atom is 0.167 e. The van der Waals surface area contributed by atoms with Crippen LogP contribution in [-0.2, 0) is 0 Å². The van der Waals surface area contributed by atoms with Crippen LogP contribution in [0.3, 0.4) is 0 Å². The molecule has 0 heterocycles. The standard InChI is InChI=1S/C15H16FIN2O/c1-2-7-20-15-9-14(12(18)8-10(15)16)19-13-6-4-3-5-11(13)17/h3-6,8-9,19H,2,7,18H2,1H3. The van der Waals surface area contributed by atoms with Gasteiger partial charge in [0.15, 0.2) is 11.6 Å². The summed E-state index contributed by atoms with van der Waals surface area (Å²) in [7, 11) is 0. The molecule has 0 saturated carbocycles. The number of nitrogens with one attached hydrogen (secondary N) is 1. The Bertz CT molecular complexity index is 604. The van der Waals surface area contributed by atoms with Gasteiger partial charge in [0.2, 0.25) is 0 Å². The molecule has 0 atom stereocenters. The van der Waals surface area contributed by atoms with E-state index >= 15 is 0 Å². The normalized spacial score (nSPS) is 10.3. The van der Waals surface area contributed by atoms with Crippen molar-refractivity contribution in [3.8, 4) is 5.75 Å². The third-order valence-electron chi connectivity index (χ3n) is 2.71. The summed E-state index contributed by atoms with van der Waals surface area (Å²) in [5.41, 5.74) is 7.77. The zero-order valence-electron chi connectivity index (χ0n) is 11.1. The van der Waals surface area contributed by atoms with Gasteiger partial charge in [0, 0.05) is 15.7 Å². The molecular weight excluding hydrogens is 370 g/mol. The van der Waals surface area contributed by atoms with E-state index in [0.717, 1.165) is 15.7 Å². The Morgan fingerprint density at radius 2 is 2.00 bits per heavy atom. The monoisotopic (exact) mass is 386 g/mol. The number of nitrogens with two attached hydrogens (primary N) is 1. The molecule has 2 aromatic carbocycles. The Hall–Kier alpha value is -1.50. The number of hydrogen-bond donors (Lipinski definition) is 2. The Labute approximate surface area is 131 Å². The van der Waals surface area contributed by atoms with Crippen molar-refractivity contribution in [2.24, 2.45) is 0 Å². The highest BCUT2D eigenvalue weighted by atomic mass is 127. The first-order valence-corrected chi connectivity index (χ1v) is 7.43. The largest absolute Gasteiger partial charge is 0.490 e. The van der Waals surface area contributed by atoms with E-state index in [4.69, 9.17) is 10.5 Å². The van der Waals surface area contributed by atoms with Crippen LogP contribution in [0.1, 0.15) is 13.3 Å². The van der Waals surface area contributed by atoms with E-state index < -0.39 is 5.82 Å². The van der Waals surface area contributed by atoms with Gasteiger partial charge in [-0.05, 0) is 41.1 Å². The second kappa shape index (κ2) is 6.78. The molecule has 5 heteroatoms. The molecule has 3 N–H and O–H groups in total. The number of hydrogen-bond acceptors (Lipinski definition) is 3. The fourth-order valence-corrected chi connectivity index (χ4v) is 2.23. The highest BCUT2D eigenvalue weighted by Gasteiger charge is 2.10. The third-order valence-corrected chi connectivity index (χ3v) is 3.65. The summed E-state index contributed by atoms with van der Waals surface area (Å²) in [5.74, 6) is -0.223. The summed E-state index contributed by atoms with van der Waals surface area (Å²) in [6.45, 7) is 2.45. The molecular formula is C15H16FIN2O. The number of anilines is 3. The smallest absolute Gasteiger partial charge is 0.167 e. The Balaban J connectivity index is 2.29. The van der Waals surface area contributed by atoms with Crippen molar-refractivity contribution < 1.29 is 9.13 Å². The van der Waals surface area contributed by atoms with Gasteiger partial charge in [0.05, 0.1) is 23.7 Å². The van der Waals surface area contributed by atoms with Crippen molar-refractivity contribution in [2.75, 3.05) is 17.7 Å². The highest BCUT2D eigenvalue weighted by molar-refractivity contribution is 14.1. The van der Waals surface area contributed by atoms with Crippen LogP contribution in [0.15, 0.2) is 36.4 Å². The van der Waals surface area contributed by atoms with Crippen LogP contribution in [0, 0.1) is 9.39 Å². The molecule has 0 unspecified atom stereocenters. The Morgan fingerprint density at radius 3 is 2.70 bits per heavy atom. The highest BCUT2D eigenvalue weighted by Crippen LogP contribution is 2.31. The number of para-hydroxylation sites is 1. The van der Waals surface area contributed by atoms with Gasteiger partial charge in [-0.1, -0.05) is 19.1 Å². The Kier molecular flexibility index (Phi) is 5.05. The number of benzene rings is 2. The van der Waals surface area contributed by atoms with Crippen molar-refractivity contribution in [2.45, 2.75) is 13.3 Å². The summed E-state index contributed by atoms with van der Waals surface area (Å²) in [4.78, 5) is 0. The molecule has 0 aliphatic heterocycles. The van der Waals surface area contributed by atoms with Crippen LogP contribution in [-0.4, -0.2) is 6.61 Å². The molecule has 2 rings (SSSR count). The first-order chi connectivity index (χ1) is 9.61. The summed E-state index contributed by atoms with van der Waals surface area (Å²) >= 11 is 2.23.